The van der Waals surface area contributed by atoms with Gasteiger partial charge in [0.15, 0.2) is 0 Å². The van der Waals surface area contributed by atoms with Crippen LogP contribution in [0, 0.1) is 5.82 Å². The lowest BCUT2D eigenvalue weighted by Crippen LogP contribution is -2.17. The van der Waals surface area contributed by atoms with Gasteiger partial charge >= 0.3 is 0 Å². The van der Waals surface area contributed by atoms with Crippen molar-refractivity contribution in [3.05, 3.63) is 24.0 Å². The molecule has 1 aromatic carbocycles. The highest BCUT2D eigenvalue weighted by Crippen LogP contribution is 2.23. The van der Waals surface area contributed by atoms with Crippen molar-refractivity contribution in [2.45, 2.75) is 43.8 Å². The highest BCUT2D eigenvalue weighted by molar-refractivity contribution is 7.85. The summed E-state index contributed by atoms with van der Waals surface area (Å²) in [7, 11) is -0.820. The van der Waals surface area contributed by atoms with Crippen LogP contribution in [0.5, 0.6) is 0 Å². The Hall–Kier alpha value is -1.43. The average Bonchev–Trinajstić information content (AvgIpc) is 2.96. The quantitative estimate of drug-likeness (QED) is 0.793. The third-order valence-corrected chi connectivity index (χ3v) is 5.62. The van der Waals surface area contributed by atoms with Crippen molar-refractivity contribution in [2.24, 2.45) is 0 Å². The Morgan fingerprint density at radius 3 is 2.76 bits per heavy atom. The summed E-state index contributed by atoms with van der Waals surface area (Å²) >= 11 is 0. The maximum Gasteiger partial charge on any atom is 0.224 e. The molecule has 1 aliphatic carbocycles. The van der Waals surface area contributed by atoms with E-state index in [4.69, 9.17) is 5.73 Å². The molecule has 3 N–H and O–H groups in total. The van der Waals surface area contributed by atoms with E-state index in [0.29, 0.717) is 29.5 Å². The van der Waals surface area contributed by atoms with Crippen LogP contribution in [0.4, 0.5) is 15.8 Å². The summed E-state index contributed by atoms with van der Waals surface area (Å²) < 4.78 is 24.9. The van der Waals surface area contributed by atoms with Crippen LogP contribution >= 0.6 is 0 Å². The van der Waals surface area contributed by atoms with Crippen molar-refractivity contribution in [3.8, 4) is 0 Å². The third kappa shape index (κ3) is 4.81. The van der Waals surface area contributed by atoms with E-state index in [1.807, 2.05) is 0 Å². The fourth-order valence-electron chi connectivity index (χ4n) is 2.55. The van der Waals surface area contributed by atoms with E-state index in [1.165, 1.54) is 31.0 Å². The molecule has 1 saturated carbocycles. The molecule has 1 fully saturated rings. The number of benzene rings is 1. The van der Waals surface area contributed by atoms with E-state index in [9.17, 15) is 13.4 Å². The number of amides is 1. The van der Waals surface area contributed by atoms with Gasteiger partial charge in [-0.15, -0.1) is 0 Å². The molecule has 0 radical (unpaired) electrons. The number of nitrogens with two attached hydrogens (primary N) is 1. The van der Waals surface area contributed by atoms with E-state index in [2.05, 4.69) is 5.32 Å². The average molecular weight is 312 g/mol. The standard InChI is InChI=1S/C15H21FN2O2S/c16-11-7-8-14(13(17)10-11)18-15(19)6-3-9-21(20)12-4-1-2-5-12/h7-8,10,12H,1-6,9,17H2,(H,18,19). The lowest BCUT2D eigenvalue weighted by Gasteiger charge is -2.10. The minimum atomic E-state index is -0.820. The minimum Gasteiger partial charge on any atom is -0.397 e. The number of nitrogen functional groups attached to an aromatic ring is 1. The van der Waals surface area contributed by atoms with Gasteiger partial charge in [-0.2, -0.15) is 0 Å². The first-order chi connectivity index (χ1) is 10.1. The van der Waals surface area contributed by atoms with Gasteiger partial charge in [-0.05, 0) is 37.5 Å². The van der Waals surface area contributed by atoms with Crippen LogP contribution in [0.2, 0.25) is 0 Å². The number of rotatable bonds is 6. The molecule has 1 atom stereocenters. The van der Waals surface area contributed by atoms with E-state index in [0.717, 1.165) is 12.8 Å². The van der Waals surface area contributed by atoms with Gasteiger partial charge in [-0.25, -0.2) is 4.39 Å². The molecular weight excluding hydrogens is 291 g/mol. The number of halogens is 1. The second kappa shape index (κ2) is 7.54. The summed E-state index contributed by atoms with van der Waals surface area (Å²) in [5.74, 6) is -0.0500. The fourth-order valence-corrected chi connectivity index (χ4v) is 4.17. The number of carbonyl (C=O) groups is 1. The van der Waals surface area contributed by atoms with Gasteiger partial charge in [0, 0.05) is 28.2 Å². The van der Waals surface area contributed by atoms with Crippen LogP contribution in [0.1, 0.15) is 38.5 Å². The lowest BCUT2D eigenvalue weighted by atomic mass is 10.2. The zero-order valence-corrected chi connectivity index (χ0v) is 12.8. The molecule has 21 heavy (non-hydrogen) atoms. The first-order valence-electron chi connectivity index (χ1n) is 7.28. The monoisotopic (exact) mass is 312 g/mol. The first kappa shape index (κ1) is 15.9. The summed E-state index contributed by atoms with van der Waals surface area (Å²) in [5.41, 5.74) is 6.25. The van der Waals surface area contributed by atoms with Crippen LogP contribution in [0.3, 0.4) is 0 Å². The lowest BCUT2D eigenvalue weighted by molar-refractivity contribution is -0.116. The van der Waals surface area contributed by atoms with Crippen molar-refractivity contribution in [1.82, 2.24) is 0 Å². The predicted molar refractivity (Wildman–Crippen MR) is 83.9 cm³/mol. The number of hydrogen-bond donors (Lipinski definition) is 2. The summed E-state index contributed by atoms with van der Waals surface area (Å²) in [6.07, 6.45) is 5.32. The maximum absolute atomic E-state index is 12.9. The van der Waals surface area contributed by atoms with E-state index in [1.54, 1.807) is 0 Å². The van der Waals surface area contributed by atoms with Crippen LogP contribution in [-0.2, 0) is 15.6 Å². The van der Waals surface area contributed by atoms with Gasteiger partial charge in [0.2, 0.25) is 5.91 Å². The molecule has 1 aliphatic rings. The molecule has 1 amide bonds. The second-order valence-corrected chi connectivity index (χ2v) is 7.21. The van der Waals surface area contributed by atoms with Crippen molar-refractivity contribution in [2.75, 3.05) is 16.8 Å². The topological polar surface area (TPSA) is 72.2 Å². The molecule has 0 aromatic heterocycles. The highest BCUT2D eigenvalue weighted by atomic mass is 32.2. The normalized spacial score (nSPS) is 16.8. The predicted octanol–water partition coefficient (Wildman–Crippen LogP) is 2.82. The van der Waals surface area contributed by atoms with Gasteiger partial charge in [0.25, 0.3) is 0 Å². The van der Waals surface area contributed by atoms with Crippen LogP contribution in [0.25, 0.3) is 0 Å². The third-order valence-electron chi connectivity index (χ3n) is 3.71. The summed E-state index contributed by atoms with van der Waals surface area (Å²) in [5, 5.41) is 2.97. The van der Waals surface area contributed by atoms with Crippen LogP contribution in [-0.4, -0.2) is 21.1 Å². The molecule has 2 rings (SSSR count). The van der Waals surface area contributed by atoms with Crippen molar-refractivity contribution >= 4 is 28.1 Å². The summed E-state index contributed by atoms with van der Waals surface area (Å²) in [4.78, 5) is 11.8. The number of carbonyl (C=O) groups excluding carboxylic acids is 1. The Kier molecular flexibility index (Phi) is 5.73. The van der Waals surface area contributed by atoms with E-state index < -0.39 is 16.6 Å². The van der Waals surface area contributed by atoms with Crippen LogP contribution < -0.4 is 11.1 Å². The Balaban J connectivity index is 1.73. The smallest absolute Gasteiger partial charge is 0.224 e. The van der Waals surface area contributed by atoms with E-state index in [-0.39, 0.29) is 11.6 Å². The number of nitrogens with one attached hydrogen (secondary N) is 1. The molecule has 0 saturated heterocycles. The van der Waals surface area contributed by atoms with Gasteiger partial charge in [-0.3, -0.25) is 9.00 Å². The highest BCUT2D eigenvalue weighted by Gasteiger charge is 2.21. The molecule has 0 aliphatic heterocycles. The molecular formula is C15H21FN2O2S. The first-order valence-corrected chi connectivity index (χ1v) is 8.66. The molecule has 6 heteroatoms. The molecule has 1 unspecified atom stereocenters. The molecule has 0 spiro atoms. The van der Waals surface area contributed by atoms with Crippen molar-refractivity contribution in [1.29, 1.82) is 0 Å². The van der Waals surface area contributed by atoms with Gasteiger partial charge < -0.3 is 11.1 Å². The fraction of sp³-hybridized carbons (Fsp3) is 0.533. The van der Waals surface area contributed by atoms with E-state index >= 15 is 0 Å². The Labute approximate surface area is 126 Å². The Morgan fingerprint density at radius 1 is 1.38 bits per heavy atom. The maximum atomic E-state index is 12.9. The molecule has 116 valence electrons. The molecule has 0 bridgehead atoms. The molecule has 1 aromatic rings. The summed E-state index contributed by atoms with van der Waals surface area (Å²) in [6.45, 7) is 0. The van der Waals surface area contributed by atoms with Gasteiger partial charge in [0.1, 0.15) is 5.82 Å². The van der Waals surface area contributed by atoms with Gasteiger partial charge in [0.05, 0.1) is 11.4 Å². The van der Waals surface area contributed by atoms with Crippen LogP contribution in [0.15, 0.2) is 18.2 Å². The largest absolute Gasteiger partial charge is 0.397 e. The Morgan fingerprint density at radius 2 is 2.10 bits per heavy atom. The van der Waals surface area contributed by atoms with Crippen molar-refractivity contribution in [3.63, 3.8) is 0 Å². The second-order valence-electron chi connectivity index (χ2n) is 5.37. The zero-order chi connectivity index (χ0) is 15.2. The molecule has 4 nitrogen and oxygen atoms in total. The summed E-state index contributed by atoms with van der Waals surface area (Å²) in [6, 6.07) is 3.87. The molecule has 0 heterocycles. The number of anilines is 2. The Bertz CT molecular complexity index is 530. The zero-order valence-electron chi connectivity index (χ0n) is 11.9. The van der Waals surface area contributed by atoms with Gasteiger partial charge in [-0.1, -0.05) is 12.8 Å². The SMILES string of the molecule is Nc1cc(F)ccc1NC(=O)CCCS(=O)C1CCCC1. The minimum absolute atomic E-state index is 0.184. The number of hydrogen-bond acceptors (Lipinski definition) is 3. The van der Waals surface area contributed by atoms with Crippen molar-refractivity contribution < 1.29 is 13.4 Å².